The summed E-state index contributed by atoms with van der Waals surface area (Å²) in [5, 5.41) is 15.7. The first-order chi connectivity index (χ1) is 9.94. The Labute approximate surface area is 122 Å². The van der Waals surface area contributed by atoms with E-state index < -0.39 is 11.6 Å². The van der Waals surface area contributed by atoms with E-state index in [1.54, 1.807) is 18.7 Å². The van der Waals surface area contributed by atoms with Gasteiger partial charge < -0.3 is 19.8 Å². The summed E-state index contributed by atoms with van der Waals surface area (Å²) < 4.78 is 4.57. The van der Waals surface area contributed by atoms with Gasteiger partial charge in [0.2, 0.25) is 23.9 Å². The molecule has 0 radical (unpaired) electrons. The number of rotatable bonds is 6. The Morgan fingerprint density at radius 2 is 2.33 bits per heavy atom. The van der Waals surface area contributed by atoms with Crippen LogP contribution in [-0.2, 0) is 4.79 Å². The largest absolute Gasteiger partial charge is 0.394 e. The van der Waals surface area contributed by atoms with E-state index in [4.69, 9.17) is 5.11 Å². The zero-order valence-corrected chi connectivity index (χ0v) is 12.2. The van der Waals surface area contributed by atoms with Crippen molar-refractivity contribution in [2.45, 2.75) is 38.3 Å². The Morgan fingerprint density at radius 1 is 1.57 bits per heavy atom. The third-order valence-electron chi connectivity index (χ3n) is 3.57. The van der Waals surface area contributed by atoms with Gasteiger partial charge in [0.05, 0.1) is 19.2 Å². The molecule has 8 nitrogen and oxygen atoms in total. The summed E-state index contributed by atoms with van der Waals surface area (Å²) in [6.07, 6.45) is 2.46. The highest BCUT2D eigenvalue weighted by Gasteiger charge is 2.36. The number of aliphatic hydroxyl groups is 1. The van der Waals surface area contributed by atoms with Crippen molar-refractivity contribution >= 4 is 11.7 Å². The summed E-state index contributed by atoms with van der Waals surface area (Å²) in [4.78, 5) is 29.8. The number of amides is 1. The van der Waals surface area contributed by atoms with Gasteiger partial charge >= 0.3 is 0 Å². The summed E-state index contributed by atoms with van der Waals surface area (Å²) in [5.74, 6) is -0.463. The topological polar surface area (TPSA) is 109 Å². The molecule has 1 atom stereocenters. The summed E-state index contributed by atoms with van der Waals surface area (Å²) in [7, 11) is 0. The lowest BCUT2D eigenvalue weighted by atomic mass is 10.1. The third-order valence-corrected chi connectivity index (χ3v) is 3.57. The van der Waals surface area contributed by atoms with Crippen LogP contribution in [-0.4, -0.2) is 63.1 Å². The maximum atomic E-state index is 12.3. The minimum Gasteiger partial charge on any atom is -0.394 e. The van der Waals surface area contributed by atoms with E-state index in [0.29, 0.717) is 13.0 Å². The van der Waals surface area contributed by atoms with Gasteiger partial charge in [0.1, 0.15) is 0 Å². The molecule has 1 aromatic heterocycles. The summed E-state index contributed by atoms with van der Waals surface area (Å²) in [6, 6.07) is -0.533. The Hall–Kier alpha value is -1.80. The lowest BCUT2D eigenvalue weighted by molar-refractivity contribution is -0.130. The molecule has 1 aliphatic heterocycles. The second-order valence-corrected chi connectivity index (χ2v) is 5.76. The normalized spacial score (nSPS) is 19.0. The highest BCUT2D eigenvalue weighted by molar-refractivity contribution is 5.99. The van der Waals surface area contributed by atoms with Gasteiger partial charge in [-0.05, 0) is 26.7 Å². The average molecular weight is 296 g/mol. The standard InChI is InChI=1S/C13H20N4O4/c1-13(2,7-18)15-6-10(19)17-5-3-4-9(17)11(20)12-14-8-21-16-12/h8-9,15,18H,3-7H2,1-2H3. The number of aromatic nitrogens is 2. The molecule has 116 valence electrons. The zero-order valence-electron chi connectivity index (χ0n) is 12.2. The number of hydrogen-bond acceptors (Lipinski definition) is 7. The van der Waals surface area contributed by atoms with Crippen LogP contribution in [0.15, 0.2) is 10.9 Å². The predicted molar refractivity (Wildman–Crippen MR) is 72.5 cm³/mol. The van der Waals surface area contributed by atoms with Crippen LogP contribution in [0.1, 0.15) is 37.3 Å². The Bertz CT molecular complexity index is 500. The number of Topliss-reactive ketones (excluding diaryl/α,β-unsaturated/α-hetero) is 1. The first-order valence-corrected chi connectivity index (χ1v) is 6.90. The molecule has 2 heterocycles. The van der Waals surface area contributed by atoms with Crippen LogP contribution in [0.25, 0.3) is 0 Å². The van der Waals surface area contributed by atoms with Gasteiger partial charge in [-0.3, -0.25) is 9.59 Å². The van der Waals surface area contributed by atoms with Crippen LogP contribution in [0, 0.1) is 0 Å². The van der Waals surface area contributed by atoms with Crippen LogP contribution in [0.4, 0.5) is 0 Å². The maximum Gasteiger partial charge on any atom is 0.240 e. The molecule has 1 fully saturated rings. The number of ketones is 1. The van der Waals surface area contributed by atoms with Crippen LogP contribution in [0.2, 0.25) is 0 Å². The van der Waals surface area contributed by atoms with Crippen molar-refractivity contribution in [1.82, 2.24) is 20.4 Å². The molecule has 0 spiro atoms. The Morgan fingerprint density at radius 3 is 2.95 bits per heavy atom. The van der Waals surface area contributed by atoms with E-state index in [0.717, 1.165) is 12.8 Å². The molecule has 21 heavy (non-hydrogen) atoms. The maximum absolute atomic E-state index is 12.3. The van der Waals surface area contributed by atoms with Crippen LogP contribution in [0.5, 0.6) is 0 Å². The van der Waals surface area contributed by atoms with Crippen molar-refractivity contribution in [2.24, 2.45) is 0 Å². The molecule has 1 unspecified atom stereocenters. The smallest absolute Gasteiger partial charge is 0.240 e. The molecule has 1 saturated heterocycles. The van der Waals surface area contributed by atoms with E-state index >= 15 is 0 Å². The van der Waals surface area contributed by atoms with E-state index in [1.165, 1.54) is 0 Å². The fourth-order valence-electron chi connectivity index (χ4n) is 2.24. The molecule has 2 rings (SSSR count). The van der Waals surface area contributed by atoms with Crippen molar-refractivity contribution in [1.29, 1.82) is 0 Å². The molecular weight excluding hydrogens is 276 g/mol. The SMILES string of the molecule is CC(C)(CO)NCC(=O)N1CCCC1C(=O)c1ncon1. The second kappa shape index (κ2) is 6.31. The second-order valence-electron chi connectivity index (χ2n) is 5.76. The fraction of sp³-hybridized carbons (Fsp3) is 0.692. The van der Waals surface area contributed by atoms with E-state index in [-0.39, 0.29) is 30.7 Å². The minimum absolute atomic E-state index is 0.00310. The molecule has 2 N–H and O–H groups in total. The van der Waals surface area contributed by atoms with Crippen molar-refractivity contribution in [3.8, 4) is 0 Å². The molecular formula is C13H20N4O4. The molecule has 1 aliphatic rings. The quantitative estimate of drug-likeness (QED) is 0.688. The van der Waals surface area contributed by atoms with Gasteiger partial charge in [0, 0.05) is 12.1 Å². The first-order valence-electron chi connectivity index (χ1n) is 6.90. The van der Waals surface area contributed by atoms with Crippen molar-refractivity contribution in [3.63, 3.8) is 0 Å². The van der Waals surface area contributed by atoms with Gasteiger partial charge in [0.15, 0.2) is 0 Å². The molecule has 0 aliphatic carbocycles. The number of hydrogen-bond donors (Lipinski definition) is 2. The van der Waals surface area contributed by atoms with E-state index in [2.05, 4.69) is 20.0 Å². The summed E-state index contributed by atoms with van der Waals surface area (Å²) in [5.41, 5.74) is -0.539. The summed E-state index contributed by atoms with van der Waals surface area (Å²) in [6.45, 7) is 4.13. The molecule has 0 saturated carbocycles. The molecule has 0 aromatic carbocycles. The number of aliphatic hydroxyl groups excluding tert-OH is 1. The number of nitrogens with zero attached hydrogens (tertiary/aromatic N) is 3. The molecule has 1 amide bonds. The van der Waals surface area contributed by atoms with E-state index in [1.807, 2.05) is 0 Å². The van der Waals surface area contributed by atoms with E-state index in [9.17, 15) is 9.59 Å². The lowest BCUT2D eigenvalue weighted by Crippen LogP contribution is -2.50. The van der Waals surface area contributed by atoms with Gasteiger partial charge in [-0.25, -0.2) is 0 Å². The number of carbonyl (C=O) groups excluding carboxylic acids is 2. The lowest BCUT2D eigenvalue weighted by Gasteiger charge is -2.27. The number of carbonyl (C=O) groups is 2. The number of likely N-dealkylation sites (tertiary alicyclic amines) is 1. The van der Waals surface area contributed by atoms with Gasteiger partial charge in [-0.2, -0.15) is 4.98 Å². The molecule has 1 aromatic rings. The molecule has 0 bridgehead atoms. The summed E-state index contributed by atoms with van der Waals surface area (Å²) >= 11 is 0. The predicted octanol–water partition coefficient (Wildman–Crippen LogP) is -0.396. The Balaban J connectivity index is 1.98. The van der Waals surface area contributed by atoms with Crippen LogP contribution >= 0.6 is 0 Å². The minimum atomic E-state index is -0.539. The van der Waals surface area contributed by atoms with Crippen molar-refractivity contribution < 1.29 is 19.2 Å². The Kier molecular flexibility index (Phi) is 4.69. The van der Waals surface area contributed by atoms with Crippen molar-refractivity contribution in [3.05, 3.63) is 12.2 Å². The highest BCUT2D eigenvalue weighted by atomic mass is 16.5. The highest BCUT2D eigenvalue weighted by Crippen LogP contribution is 2.20. The first kappa shape index (κ1) is 15.6. The fourth-order valence-corrected chi connectivity index (χ4v) is 2.24. The monoisotopic (exact) mass is 296 g/mol. The number of nitrogens with one attached hydrogen (secondary N) is 1. The zero-order chi connectivity index (χ0) is 15.5. The molecule has 8 heteroatoms. The van der Waals surface area contributed by atoms with Gasteiger partial charge in [0.25, 0.3) is 0 Å². The van der Waals surface area contributed by atoms with Crippen molar-refractivity contribution in [2.75, 3.05) is 19.7 Å². The van der Waals surface area contributed by atoms with Gasteiger partial charge in [-0.1, -0.05) is 5.16 Å². The van der Waals surface area contributed by atoms with Crippen LogP contribution < -0.4 is 5.32 Å². The third kappa shape index (κ3) is 3.64. The average Bonchev–Trinajstić information content (AvgIpc) is 3.14. The van der Waals surface area contributed by atoms with Crippen LogP contribution in [0.3, 0.4) is 0 Å². The van der Waals surface area contributed by atoms with Gasteiger partial charge in [-0.15, -0.1) is 0 Å².